The van der Waals surface area contributed by atoms with Crippen molar-refractivity contribution in [1.29, 1.82) is 5.26 Å². The Labute approximate surface area is 198 Å². The summed E-state index contributed by atoms with van der Waals surface area (Å²) >= 11 is 7.42. The average Bonchev–Trinajstić information content (AvgIpc) is 3.58. The van der Waals surface area contributed by atoms with E-state index >= 15 is 0 Å². The standard InChI is InChI=1S/C24H18ClN3O4S/c25-13-7-9-14(10-8-13)28-20(17-5-3-11-31-17)19-21(32-28)23(30)27(22(19)29)24-16(12-26)15-4-1-2-6-18(15)33-24/h3,5,7-11,19-21H,1-2,4,6H2. The summed E-state index contributed by atoms with van der Waals surface area (Å²) in [6, 6.07) is 12.1. The lowest BCUT2D eigenvalue weighted by Gasteiger charge is -2.27. The number of anilines is 2. The summed E-state index contributed by atoms with van der Waals surface area (Å²) in [5.41, 5.74) is 2.08. The molecule has 3 aromatic rings. The van der Waals surface area contributed by atoms with Gasteiger partial charge in [-0.15, -0.1) is 11.3 Å². The molecule has 3 atom stereocenters. The van der Waals surface area contributed by atoms with Crippen molar-refractivity contribution in [2.75, 3.05) is 9.96 Å². The minimum Gasteiger partial charge on any atom is -0.467 e. The van der Waals surface area contributed by atoms with E-state index in [1.54, 1.807) is 41.5 Å². The number of amides is 2. The normalized spacial score (nSPS) is 24.2. The zero-order chi connectivity index (χ0) is 22.7. The zero-order valence-electron chi connectivity index (χ0n) is 17.4. The molecule has 1 aliphatic carbocycles. The van der Waals surface area contributed by atoms with E-state index in [4.69, 9.17) is 20.9 Å². The molecule has 3 aliphatic rings. The summed E-state index contributed by atoms with van der Waals surface area (Å²) < 4.78 is 5.66. The van der Waals surface area contributed by atoms with E-state index in [-0.39, 0.29) is 5.91 Å². The van der Waals surface area contributed by atoms with Crippen molar-refractivity contribution in [3.63, 3.8) is 0 Å². The van der Waals surface area contributed by atoms with Crippen molar-refractivity contribution in [3.8, 4) is 6.07 Å². The molecular formula is C24H18ClN3O4S. The van der Waals surface area contributed by atoms with Crippen LogP contribution in [0.25, 0.3) is 0 Å². The van der Waals surface area contributed by atoms with Crippen molar-refractivity contribution in [2.45, 2.75) is 37.8 Å². The van der Waals surface area contributed by atoms with E-state index in [9.17, 15) is 14.9 Å². The lowest BCUT2D eigenvalue weighted by atomic mass is 9.94. The van der Waals surface area contributed by atoms with E-state index < -0.39 is 24.0 Å². The van der Waals surface area contributed by atoms with E-state index in [0.29, 0.717) is 27.0 Å². The fraction of sp³-hybridized carbons (Fsp3) is 0.292. The SMILES string of the molecule is N#Cc1c(N2C(=O)C3ON(c4ccc(Cl)cc4)C(c4ccco4)C3C2=O)sc2c1CCCC2. The van der Waals surface area contributed by atoms with Crippen LogP contribution in [0.15, 0.2) is 47.1 Å². The quantitative estimate of drug-likeness (QED) is 0.502. The maximum atomic E-state index is 13.7. The number of hydrogen-bond acceptors (Lipinski definition) is 7. The van der Waals surface area contributed by atoms with Gasteiger partial charge in [0, 0.05) is 9.90 Å². The Bertz CT molecular complexity index is 1290. The van der Waals surface area contributed by atoms with Crippen LogP contribution in [0.1, 0.15) is 40.6 Å². The first-order valence-electron chi connectivity index (χ1n) is 10.8. The molecule has 1 aromatic carbocycles. The van der Waals surface area contributed by atoms with E-state index in [2.05, 4.69) is 6.07 Å². The number of thiophene rings is 1. The van der Waals surface area contributed by atoms with Crippen LogP contribution in [0.5, 0.6) is 0 Å². The van der Waals surface area contributed by atoms with Crippen LogP contribution in [0.2, 0.25) is 5.02 Å². The highest BCUT2D eigenvalue weighted by atomic mass is 35.5. The van der Waals surface area contributed by atoms with Crippen LogP contribution in [-0.4, -0.2) is 17.9 Å². The van der Waals surface area contributed by atoms with Gasteiger partial charge in [-0.2, -0.15) is 5.26 Å². The van der Waals surface area contributed by atoms with Crippen molar-refractivity contribution in [2.24, 2.45) is 5.92 Å². The molecule has 7 nitrogen and oxygen atoms in total. The Hall–Kier alpha value is -3.12. The summed E-state index contributed by atoms with van der Waals surface area (Å²) in [5.74, 6) is -1.11. The molecule has 0 radical (unpaired) electrons. The van der Waals surface area contributed by atoms with Crippen molar-refractivity contribution in [1.82, 2.24) is 0 Å². The van der Waals surface area contributed by atoms with Crippen LogP contribution in [0.3, 0.4) is 0 Å². The van der Waals surface area contributed by atoms with Crippen LogP contribution in [-0.2, 0) is 27.3 Å². The first-order chi connectivity index (χ1) is 16.1. The summed E-state index contributed by atoms with van der Waals surface area (Å²) in [6.45, 7) is 0. The Morgan fingerprint density at radius 3 is 2.61 bits per heavy atom. The van der Waals surface area contributed by atoms with E-state index in [1.165, 1.54) is 22.5 Å². The molecule has 0 saturated carbocycles. The van der Waals surface area contributed by atoms with Crippen molar-refractivity contribution < 1.29 is 18.8 Å². The first-order valence-corrected chi connectivity index (χ1v) is 12.0. The van der Waals surface area contributed by atoms with E-state index in [0.717, 1.165) is 36.1 Å². The number of carbonyl (C=O) groups is 2. The highest BCUT2D eigenvalue weighted by Crippen LogP contribution is 2.50. The number of furan rings is 1. The topological polar surface area (TPSA) is 86.8 Å². The lowest BCUT2D eigenvalue weighted by molar-refractivity contribution is -0.126. The number of hydrogen-bond donors (Lipinski definition) is 0. The van der Waals surface area contributed by atoms with Gasteiger partial charge in [-0.3, -0.25) is 14.4 Å². The van der Waals surface area contributed by atoms with Gasteiger partial charge in [0.1, 0.15) is 28.8 Å². The van der Waals surface area contributed by atoms with Crippen molar-refractivity contribution in [3.05, 3.63) is 69.4 Å². The van der Waals surface area contributed by atoms with Crippen molar-refractivity contribution >= 4 is 45.4 Å². The van der Waals surface area contributed by atoms with Gasteiger partial charge in [-0.1, -0.05) is 11.6 Å². The lowest BCUT2D eigenvalue weighted by Crippen LogP contribution is -2.37. The molecule has 6 rings (SSSR count). The van der Waals surface area contributed by atoms with Gasteiger partial charge < -0.3 is 4.42 Å². The molecule has 166 valence electrons. The van der Waals surface area contributed by atoms with Gasteiger partial charge in [-0.25, -0.2) is 9.96 Å². The molecule has 3 unspecified atom stereocenters. The smallest absolute Gasteiger partial charge is 0.267 e. The Balaban J connectivity index is 1.42. The molecule has 0 spiro atoms. The Morgan fingerprint density at radius 2 is 1.88 bits per heavy atom. The second-order valence-corrected chi connectivity index (χ2v) is 9.85. The summed E-state index contributed by atoms with van der Waals surface area (Å²) in [6.07, 6.45) is 4.24. The highest BCUT2D eigenvalue weighted by molar-refractivity contribution is 7.17. The number of hydroxylamine groups is 1. The fourth-order valence-corrected chi connectivity index (χ4v) is 6.47. The van der Waals surface area contributed by atoms with Gasteiger partial charge in [0.2, 0.25) is 5.91 Å². The van der Waals surface area contributed by atoms with Gasteiger partial charge >= 0.3 is 0 Å². The summed E-state index contributed by atoms with van der Waals surface area (Å²) in [7, 11) is 0. The van der Waals surface area contributed by atoms with Crippen LogP contribution < -0.4 is 9.96 Å². The highest BCUT2D eigenvalue weighted by Gasteiger charge is 2.61. The first kappa shape index (κ1) is 20.5. The zero-order valence-corrected chi connectivity index (χ0v) is 18.9. The number of aryl methyl sites for hydroxylation is 1. The fourth-order valence-electron chi connectivity index (χ4n) is 5.00. The van der Waals surface area contributed by atoms with Gasteiger partial charge in [0.15, 0.2) is 6.10 Å². The number of nitrogens with zero attached hydrogens (tertiary/aromatic N) is 3. The Kier molecular flexibility index (Phi) is 4.80. The van der Waals surface area contributed by atoms with Gasteiger partial charge in [0.05, 0.1) is 17.5 Å². The van der Waals surface area contributed by atoms with Gasteiger partial charge in [0.25, 0.3) is 5.91 Å². The number of benzene rings is 1. The van der Waals surface area contributed by atoms with Crippen LogP contribution in [0, 0.1) is 17.2 Å². The van der Waals surface area contributed by atoms with Crippen LogP contribution >= 0.6 is 22.9 Å². The minimum absolute atomic E-state index is 0.377. The molecule has 2 saturated heterocycles. The van der Waals surface area contributed by atoms with Crippen LogP contribution in [0.4, 0.5) is 10.7 Å². The molecule has 0 bridgehead atoms. The third kappa shape index (κ3) is 3.04. The summed E-state index contributed by atoms with van der Waals surface area (Å²) in [5, 5.41) is 12.4. The molecule has 33 heavy (non-hydrogen) atoms. The third-order valence-electron chi connectivity index (χ3n) is 6.50. The second kappa shape index (κ2) is 7.73. The second-order valence-electron chi connectivity index (χ2n) is 8.33. The number of imide groups is 1. The molecule has 0 N–H and O–H groups in total. The van der Waals surface area contributed by atoms with E-state index in [1.807, 2.05) is 0 Å². The number of fused-ring (bicyclic) bond motifs is 2. The monoisotopic (exact) mass is 479 g/mol. The number of nitriles is 1. The minimum atomic E-state index is -1.01. The molecule has 2 aliphatic heterocycles. The predicted molar refractivity (Wildman–Crippen MR) is 122 cm³/mol. The Morgan fingerprint density at radius 1 is 1.09 bits per heavy atom. The molecule has 9 heteroatoms. The number of carbonyl (C=O) groups excluding carboxylic acids is 2. The van der Waals surface area contributed by atoms with Gasteiger partial charge in [-0.05, 0) is 67.6 Å². The molecule has 4 heterocycles. The molecule has 2 amide bonds. The molecular weight excluding hydrogens is 462 g/mol. The molecule has 2 aromatic heterocycles. The maximum absolute atomic E-state index is 13.7. The molecule has 2 fully saturated rings. The summed E-state index contributed by atoms with van der Waals surface area (Å²) in [4.78, 5) is 35.6. The number of halogens is 1. The largest absolute Gasteiger partial charge is 0.467 e. The average molecular weight is 480 g/mol. The predicted octanol–water partition coefficient (Wildman–Crippen LogP) is 4.80. The third-order valence-corrected chi connectivity index (χ3v) is 8.03. The number of rotatable bonds is 3. The maximum Gasteiger partial charge on any atom is 0.267 e.